The lowest BCUT2D eigenvalue weighted by Gasteiger charge is -2.46. The van der Waals surface area contributed by atoms with Gasteiger partial charge in [0.25, 0.3) is 0 Å². The van der Waals surface area contributed by atoms with Crippen LogP contribution in [0.25, 0.3) is 0 Å². The Morgan fingerprint density at radius 1 is 1.24 bits per heavy atom. The number of nitrogens with zero attached hydrogens (tertiary/aromatic N) is 2. The second-order valence-corrected chi connectivity index (χ2v) is 7.54. The van der Waals surface area contributed by atoms with Crippen LogP contribution < -0.4 is 0 Å². The third-order valence-electron chi connectivity index (χ3n) is 4.26. The van der Waals surface area contributed by atoms with Gasteiger partial charge in [-0.15, -0.1) is 0 Å². The molecule has 122 valence electrons. The Bertz CT molecular complexity index is 399. The second kappa shape index (κ2) is 6.34. The number of likely N-dealkylation sites (N-methyl/N-ethyl adjacent to an activating group) is 1. The van der Waals surface area contributed by atoms with Crippen LogP contribution in [0.2, 0.25) is 0 Å². The van der Waals surface area contributed by atoms with Crippen molar-refractivity contribution in [1.29, 1.82) is 0 Å². The third kappa shape index (κ3) is 4.19. The summed E-state index contributed by atoms with van der Waals surface area (Å²) in [5.41, 5.74) is -0.526. The van der Waals surface area contributed by atoms with E-state index in [-0.39, 0.29) is 11.4 Å². The van der Waals surface area contributed by atoms with Crippen molar-refractivity contribution >= 4 is 11.9 Å². The molecule has 1 unspecified atom stereocenters. The van der Waals surface area contributed by atoms with Crippen molar-refractivity contribution in [3.8, 4) is 0 Å². The van der Waals surface area contributed by atoms with Crippen LogP contribution in [0.1, 0.15) is 41.5 Å². The normalized spacial score (nSPS) is 21.0. The quantitative estimate of drug-likeness (QED) is 0.588. The van der Waals surface area contributed by atoms with E-state index in [1.165, 1.54) is 0 Å². The number of hydrogen-bond acceptors (Lipinski definition) is 4. The molecule has 0 bridgehead atoms. The first-order valence-corrected chi connectivity index (χ1v) is 7.67. The Hall–Kier alpha value is -1.10. The highest BCUT2D eigenvalue weighted by atomic mass is 16.5. The van der Waals surface area contributed by atoms with Crippen molar-refractivity contribution < 1.29 is 14.3 Å². The molecular weight excluding hydrogens is 268 g/mol. The van der Waals surface area contributed by atoms with E-state index in [9.17, 15) is 9.59 Å². The van der Waals surface area contributed by atoms with Gasteiger partial charge in [-0.2, -0.15) is 0 Å². The van der Waals surface area contributed by atoms with Crippen LogP contribution in [-0.4, -0.2) is 60.5 Å². The highest BCUT2D eigenvalue weighted by Gasteiger charge is 2.43. The van der Waals surface area contributed by atoms with E-state index in [4.69, 9.17) is 4.74 Å². The maximum atomic E-state index is 12.9. The SMILES string of the molecule is CCOC(=O)C(C(=O)N1CCN(C)C(C)(C)C1)C(C)(C)C. The molecule has 0 aromatic carbocycles. The Kier molecular flexibility index (Phi) is 5.42. The Labute approximate surface area is 128 Å². The van der Waals surface area contributed by atoms with Crippen LogP contribution in [0.5, 0.6) is 0 Å². The largest absolute Gasteiger partial charge is 0.465 e. The number of piperazine rings is 1. The summed E-state index contributed by atoms with van der Waals surface area (Å²) >= 11 is 0. The molecule has 0 radical (unpaired) electrons. The van der Waals surface area contributed by atoms with Gasteiger partial charge in [0.05, 0.1) is 6.61 Å². The average molecular weight is 298 g/mol. The number of carbonyl (C=O) groups excluding carboxylic acids is 2. The van der Waals surface area contributed by atoms with Gasteiger partial charge in [-0.05, 0) is 33.2 Å². The summed E-state index contributed by atoms with van der Waals surface area (Å²) in [6.45, 7) is 14.1. The van der Waals surface area contributed by atoms with Crippen molar-refractivity contribution in [3.63, 3.8) is 0 Å². The monoisotopic (exact) mass is 298 g/mol. The van der Waals surface area contributed by atoms with Gasteiger partial charge in [-0.25, -0.2) is 0 Å². The Morgan fingerprint density at radius 2 is 1.81 bits per heavy atom. The van der Waals surface area contributed by atoms with Crippen LogP contribution in [-0.2, 0) is 14.3 Å². The van der Waals surface area contributed by atoms with E-state index in [1.807, 2.05) is 25.7 Å². The lowest BCUT2D eigenvalue weighted by molar-refractivity contribution is -0.162. The molecule has 1 aliphatic heterocycles. The first-order chi connectivity index (χ1) is 9.50. The van der Waals surface area contributed by atoms with E-state index in [2.05, 4.69) is 25.8 Å². The minimum Gasteiger partial charge on any atom is -0.465 e. The van der Waals surface area contributed by atoms with E-state index in [0.29, 0.717) is 19.7 Å². The minimum absolute atomic E-state index is 0.0784. The second-order valence-electron chi connectivity index (χ2n) is 7.54. The van der Waals surface area contributed by atoms with Crippen LogP contribution in [0.15, 0.2) is 0 Å². The Morgan fingerprint density at radius 3 is 2.24 bits per heavy atom. The van der Waals surface area contributed by atoms with Crippen LogP contribution in [0.3, 0.4) is 0 Å². The lowest BCUT2D eigenvalue weighted by atomic mass is 9.79. The average Bonchev–Trinajstić information content (AvgIpc) is 2.31. The van der Waals surface area contributed by atoms with Crippen molar-refractivity contribution in [2.24, 2.45) is 11.3 Å². The molecule has 21 heavy (non-hydrogen) atoms. The zero-order valence-corrected chi connectivity index (χ0v) is 14.5. The summed E-state index contributed by atoms with van der Waals surface area (Å²) < 4.78 is 5.12. The van der Waals surface area contributed by atoms with Gasteiger partial charge in [0.2, 0.25) is 5.91 Å². The van der Waals surface area contributed by atoms with Gasteiger partial charge < -0.3 is 9.64 Å². The van der Waals surface area contributed by atoms with Crippen LogP contribution in [0, 0.1) is 11.3 Å². The highest BCUT2D eigenvalue weighted by Crippen LogP contribution is 2.30. The smallest absolute Gasteiger partial charge is 0.319 e. The molecule has 1 fully saturated rings. The highest BCUT2D eigenvalue weighted by molar-refractivity contribution is 5.98. The van der Waals surface area contributed by atoms with Crippen LogP contribution in [0.4, 0.5) is 0 Å². The zero-order chi connectivity index (χ0) is 16.4. The van der Waals surface area contributed by atoms with Gasteiger partial charge in [0, 0.05) is 25.2 Å². The number of carbonyl (C=O) groups is 2. The maximum Gasteiger partial charge on any atom is 0.319 e. The number of amides is 1. The van der Waals surface area contributed by atoms with E-state index in [1.54, 1.807) is 6.92 Å². The third-order valence-corrected chi connectivity index (χ3v) is 4.26. The maximum absolute atomic E-state index is 12.9. The van der Waals surface area contributed by atoms with Crippen molar-refractivity contribution in [1.82, 2.24) is 9.80 Å². The molecule has 1 saturated heterocycles. The predicted octanol–water partition coefficient (Wildman–Crippen LogP) is 1.76. The van der Waals surface area contributed by atoms with Crippen LogP contribution >= 0.6 is 0 Å². The van der Waals surface area contributed by atoms with Crippen molar-refractivity contribution in [3.05, 3.63) is 0 Å². The Balaban J connectivity index is 2.94. The molecule has 0 aromatic heterocycles. The molecule has 1 rings (SSSR count). The molecule has 0 aliphatic carbocycles. The molecule has 0 spiro atoms. The molecule has 0 saturated carbocycles. The van der Waals surface area contributed by atoms with E-state index >= 15 is 0 Å². The minimum atomic E-state index is -0.739. The summed E-state index contributed by atoms with van der Waals surface area (Å²) in [6, 6.07) is 0. The molecular formula is C16H30N2O3. The van der Waals surface area contributed by atoms with E-state index in [0.717, 1.165) is 6.54 Å². The molecule has 1 aliphatic rings. The fourth-order valence-corrected chi connectivity index (χ4v) is 2.66. The fraction of sp³-hybridized carbons (Fsp3) is 0.875. The first-order valence-electron chi connectivity index (χ1n) is 7.67. The first kappa shape index (κ1) is 18.0. The van der Waals surface area contributed by atoms with Gasteiger partial charge in [0.1, 0.15) is 5.92 Å². The van der Waals surface area contributed by atoms with Gasteiger partial charge >= 0.3 is 5.97 Å². The summed E-state index contributed by atoms with van der Waals surface area (Å²) in [7, 11) is 2.06. The number of ether oxygens (including phenoxy) is 1. The summed E-state index contributed by atoms with van der Waals surface area (Å²) in [5, 5.41) is 0. The standard InChI is InChI=1S/C16H30N2O3/c1-8-21-14(20)12(15(2,3)4)13(19)18-10-9-17(7)16(5,6)11-18/h12H,8-11H2,1-7H3. The van der Waals surface area contributed by atoms with Crippen molar-refractivity contribution in [2.75, 3.05) is 33.3 Å². The molecule has 1 atom stereocenters. The van der Waals surface area contributed by atoms with E-state index < -0.39 is 17.3 Å². The van der Waals surface area contributed by atoms with Crippen molar-refractivity contribution in [2.45, 2.75) is 47.1 Å². The number of esters is 1. The number of rotatable bonds is 3. The zero-order valence-electron chi connectivity index (χ0n) is 14.5. The van der Waals surface area contributed by atoms with Gasteiger partial charge in [0.15, 0.2) is 0 Å². The predicted molar refractivity (Wildman–Crippen MR) is 82.9 cm³/mol. The lowest BCUT2D eigenvalue weighted by Crippen LogP contribution is -2.61. The summed E-state index contributed by atoms with van der Waals surface area (Å²) in [5.74, 6) is -1.26. The summed E-state index contributed by atoms with van der Waals surface area (Å²) in [4.78, 5) is 29.1. The molecule has 1 heterocycles. The molecule has 5 nitrogen and oxygen atoms in total. The number of hydrogen-bond donors (Lipinski definition) is 0. The fourth-order valence-electron chi connectivity index (χ4n) is 2.66. The molecule has 5 heteroatoms. The molecule has 1 amide bonds. The van der Waals surface area contributed by atoms with Gasteiger partial charge in [-0.1, -0.05) is 20.8 Å². The topological polar surface area (TPSA) is 49.9 Å². The van der Waals surface area contributed by atoms with Gasteiger partial charge in [-0.3, -0.25) is 14.5 Å². The molecule has 0 aromatic rings. The molecule has 0 N–H and O–H groups in total. The summed E-state index contributed by atoms with van der Waals surface area (Å²) in [6.07, 6.45) is 0.